The second-order valence-corrected chi connectivity index (χ2v) is 18.4. The van der Waals surface area contributed by atoms with Gasteiger partial charge in [0.1, 0.15) is 17.4 Å². The third-order valence-corrected chi connectivity index (χ3v) is 13.9. The first-order valence-corrected chi connectivity index (χ1v) is 23.0. The van der Waals surface area contributed by atoms with Crippen molar-refractivity contribution in [1.82, 2.24) is 44.4 Å². The van der Waals surface area contributed by atoms with Crippen molar-refractivity contribution >= 4 is 52.4 Å². The van der Waals surface area contributed by atoms with Gasteiger partial charge in [-0.15, -0.1) is 0 Å². The molecule has 6 aliphatic rings. The van der Waals surface area contributed by atoms with E-state index >= 15 is 0 Å². The van der Waals surface area contributed by atoms with E-state index in [2.05, 4.69) is 47.9 Å². The molecule has 19 nitrogen and oxygen atoms in total. The number of rotatable bonds is 15. The van der Waals surface area contributed by atoms with E-state index in [1.54, 1.807) is 29.1 Å². The first-order valence-electron chi connectivity index (χ1n) is 23.0. The van der Waals surface area contributed by atoms with Gasteiger partial charge >= 0.3 is 0 Å². The number of fused-ring (bicyclic) bond motifs is 4. The van der Waals surface area contributed by atoms with Crippen LogP contribution in [-0.2, 0) is 19.1 Å². The maximum absolute atomic E-state index is 14.3. The lowest BCUT2D eigenvalue weighted by atomic mass is 9.86. The van der Waals surface area contributed by atoms with Gasteiger partial charge in [0.25, 0.3) is 24.1 Å². The van der Waals surface area contributed by atoms with E-state index < -0.39 is 47.7 Å². The zero-order valence-electron chi connectivity index (χ0n) is 36.7. The Morgan fingerprint density at radius 3 is 2.62 bits per heavy atom. The second kappa shape index (κ2) is 18.4. The van der Waals surface area contributed by atoms with E-state index in [1.807, 2.05) is 6.07 Å². The lowest BCUT2D eigenvalue weighted by molar-refractivity contribution is -0.136. The Labute approximate surface area is 379 Å². The van der Waals surface area contributed by atoms with Gasteiger partial charge in [-0.2, -0.15) is 10.2 Å². The van der Waals surface area contributed by atoms with Crippen molar-refractivity contribution < 1.29 is 42.2 Å². The van der Waals surface area contributed by atoms with Gasteiger partial charge in [-0.25, -0.2) is 18.3 Å². The summed E-state index contributed by atoms with van der Waals surface area (Å²) in [4.78, 5) is 77.0. The molecule has 2 bridgehead atoms. The monoisotopic (exact) mass is 912 g/mol. The van der Waals surface area contributed by atoms with Crippen molar-refractivity contribution in [3.8, 4) is 0 Å². The van der Waals surface area contributed by atoms with Gasteiger partial charge in [-0.1, -0.05) is 6.07 Å². The van der Waals surface area contributed by atoms with Crippen LogP contribution in [-0.4, -0.2) is 159 Å². The van der Waals surface area contributed by atoms with Gasteiger partial charge in [0.15, 0.2) is 11.3 Å². The molecule has 4 atom stereocenters. The van der Waals surface area contributed by atoms with Crippen molar-refractivity contribution in [2.75, 3.05) is 81.6 Å². The minimum absolute atomic E-state index is 0.0206. The van der Waals surface area contributed by atoms with E-state index in [9.17, 15) is 32.8 Å². The van der Waals surface area contributed by atoms with Crippen LogP contribution < -0.4 is 20.9 Å². The third-order valence-electron chi connectivity index (χ3n) is 13.9. The van der Waals surface area contributed by atoms with Gasteiger partial charge in [-0.3, -0.25) is 43.8 Å². The molecule has 350 valence electrons. The Hall–Kier alpha value is -5.90. The van der Waals surface area contributed by atoms with Crippen LogP contribution in [0.2, 0.25) is 0 Å². The first-order chi connectivity index (χ1) is 32.0. The molecule has 4 saturated heterocycles. The summed E-state index contributed by atoms with van der Waals surface area (Å²) in [7, 11) is 2.10. The molecule has 1 saturated carbocycles. The summed E-state index contributed by atoms with van der Waals surface area (Å²) in [6.07, 6.45) is 7.27. The number of ether oxygens (including phenoxy) is 2. The van der Waals surface area contributed by atoms with Gasteiger partial charge in [0.05, 0.1) is 60.5 Å². The van der Waals surface area contributed by atoms with E-state index in [0.29, 0.717) is 37.0 Å². The van der Waals surface area contributed by atoms with Crippen LogP contribution in [0.3, 0.4) is 0 Å². The molecular weight excluding hydrogens is 859 g/mol. The number of halogens is 2. The number of morpholine rings is 2. The number of imide groups is 2. The zero-order chi connectivity index (χ0) is 45.6. The molecule has 10 rings (SSSR count). The predicted molar refractivity (Wildman–Crippen MR) is 235 cm³/mol. The fourth-order valence-corrected chi connectivity index (χ4v) is 10.6. The van der Waals surface area contributed by atoms with Crippen LogP contribution in [0.5, 0.6) is 0 Å². The number of alkyl halides is 2. The lowest BCUT2D eigenvalue weighted by Crippen LogP contribution is -2.54. The van der Waals surface area contributed by atoms with Crippen LogP contribution in [0.4, 0.5) is 26.0 Å². The van der Waals surface area contributed by atoms with E-state index in [0.717, 1.165) is 88.5 Å². The van der Waals surface area contributed by atoms with Crippen molar-refractivity contribution in [3.63, 3.8) is 0 Å². The van der Waals surface area contributed by atoms with Crippen molar-refractivity contribution in [1.29, 1.82) is 0 Å². The average Bonchev–Trinajstić information content (AvgIpc) is 4.16. The molecule has 3 N–H and O–H groups in total. The summed E-state index contributed by atoms with van der Waals surface area (Å²) in [5.41, 5.74) is 1.08. The summed E-state index contributed by atoms with van der Waals surface area (Å²) in [5.74, 6) is -1.55. The molecule has 66 heavy (non-hydrogen) atoms. The number of nitrogens with one attached hydrogen (secondary N) is 3. The van der Waals surface area contributed by atoms with Crippen LogP contribution >= 0.6 is 0 Å². The van der Waals surface area contributed by atoms with Crippen LogP contribution in [0.15, 0.2) is 42.9 Å². The number of carbonyl (C=O) groups excluding carboxylic acids is 5. The molecule has 3 aromatic heterocycles. The number of amides is 5. The highest BCUT2D eigenvalue weighted by Gasteiger charge is 2.46. The van der Waals surface area contributed by atoms with Crippen LogP contribution in [0.25, 0.3) is 5.65 Å². The molecule has 0 spiro atoms. The summed E-state index contributed by atoms with van der Waals surface area (Å²) in [6, 6.07) is 6.07. The van der Waals surface area contributed by atoms with Crippen molar-refractivity contribution in [3.05, 3.63) is 65.2 Å². The Kier molecular flexibility index (Phi) is 12.3. The molecule has 8 heterocycles. The standard InChI is InChI=1S/C45H54F2N12O7/c1-54(21-30-22-55(16-17-65-30)14-3-13-48-33-5-2-4-31-38(33)45(64)59(44(31)63)35-10-11-37(60)52-43(35)62)20-26-6-8-27(9-7-26)58-24-34(39(53-58)40(46)47)50-42(61)32-19-49-57-15-12-36(51-41(32)57)56-23-29-18-28(56)25-66-29/h2,4-5,12,15,19,24,26-30,35,40,48H,3,6-11,13-14,16-18,20-23,25H2,1H3,(H,50,61)(H,52,60,62)/t26-,27-,28-,29+,30-,35?/m0/s1. The highest BCUT2D eigenvalue weighted by molar-refractivity contribution is 6.25. The maximum Gasteiger partial charge on any atom is 0.284 e. The van der Waals surface area contributed by atoms with E-state index in [1.165, 1.54) is 16.9 Å². The quantitative estimate of drug-likeness (QED) is 0.116. The van der Waals surface area contributed by atoms with Gasteiger partial charge < -0.3 is 29.9 Å². The number of anilines is 3. The molecule has 21 heteroatoms. The number of carbonyl (C=O) groups is 5. The highest BCUT2D eigenvalue weighted by Crippen LogP contribution is 2.37. The summed E-state index contributed by atoms with van der Waals surface area (Å²) < 4.78 is 43.6. The smallest absolute Gasteiger partial charge is 0.284 e. The Morgan fingerprint density at radius 1 is 1.00 bits per heavy atom. The minimum Gasteiger partial charge on any atom is -0.384 e. The van der Waals surface area contributed by atoms with E-state index in [4.69, 9.17) is 14.5 Å². The normalized spacial score (nSPS) is 25.7. The zero-order valence-corrected chi connectivity index (χ0v) is 36.7. The largest absolute Gasteiger partial charge is 0.384 e. The molecule has 0 radical (unpaired) electrons. The third kappa shape index (κ3) is 8.75. The molecule has 4 aromatic rings. The molecule has 5 fully saturated rings. The minimum atomic E-state index is -2.88. The SMILES string of the molecule is CN(C[C@H]1CN(CCCNc2cccc3c2C(=O)N(C2CCC(=O)NC2=O)C3=O)CCO1)C[C@H]1CC[C@H](n2cc(NC(=O)c3cnn4ccc(N5C[C@H]6C[C@H]5CO6)nc34)c(C(F)F)n2)CC1. The summed E-state index contributed by atoms with van der Waals surface area (Å²) in [6.45, 7) is 6.59. The van der Waals surface area contributed by atoms with Crippen LogP contribution in [0.1, 0.15) is 101 Å². The second-order valence-electron chi connectivity index (χ2n) is 18.4. The summed E-state index contributed by atoms with van der Waals surface area (Å²) in [5, 5.41) is 16.8. The van der Waals surface area contributed by atoms with Gasteiger partial charge in [-0.05, 0) is 76.1 Å². The molecule has 1 aromatic carbocycles. The number of piperidine rings is 1. The topological polar surface area (TPSA) is 201 Å². The molecular formula is C45H54F2N12O7. The molecule has 5 amide bonds. The predicted octanol–water partition coefficient (Wildman–Crippen LogP) is 3.36. The fourth-order valence-electron chi connectivity index (χ4n) is 10.6. The number of nitrogens with zero attached hydrogens (tertiary/aromatic N) is 9. The van der Waals surface area contributed by atoms with Gasteiger partial charge in [0.2, 0.25) is 11.8 Å². The Morgan fingerprint density at radius 2 is 1.85 bits per heavy atom. The lowest BCUT2D eigenvalue weighted by Gasteiger charge is -2.36. The Balaban J connectivity index is 0.674. The number of benzene rings is 1. The summed E-state index contributed by atoms with van der Waals surface area (Å²) >= 11 is 0. The van der Waals surface area contributed by atoms with Crippen molar-refractivity contribution in [2.45, 2.75) is 88.1 Å². The fraction of sp³-hybridized carbons (Fsp3) is 0.556. The van der Waals surface area contributed by atoms with E-state index in [-0.39, 0.29) is 59.5 Å². The number of hydrogen-bond donors (Lipinski definition) is 3. The van der Waals surface area contributed by atoms with Gasteiger partial charge in [0, 0.05) is 70.3 Å². The van der Waals surface area contributed by atoms with Crippen molar-refractivity contribution in [2.24, 2.45) is 5.92 Å². The number of aromatic nitrogens is 5. The average molecular weight is 913 g/mol. The molecule has 1 aliphatic carbocycles. The maximum atomic E-state index is 14.3. The number of likely N-dealkylation sites (N-methyl/N-ethyl adjacent to an activating group) is 1. The molecule has 5 aliphatic heterocycles. The highest BCUT2D eigenvalue weighted by atomic mass is 19.3. The number of hydrogen-bond acceptors (Lipinski definition) is 14. The van der Waals surface area contributed by atoms with Crippen LogP contribution in [0, 0.1) is 5.92 Å². The Bertz CT molecular complexity index is 2530. The first kappa shape index (κ1) is 44.0. The molecule has 1 unspecified atom stereocenters.